The molecule has 3 heterocycles. The largest absolute Gasteiger partial charge is 0.348 e. The Balaban J connectivity index is 1.89. The van der Waals surface area contributed by atoms with Crippen molar-refractivity contribution in [2.45, 2.75) is 52.7 Å². The molecule has 1 atom stereocenters. The van der Waals surface area contributed by atoms with Crippen molar-refractivity contribution in [1.82, 2.24) is 19.2 Å². The van der Waals surface area contributed by atoms with E-state index in [2.05, 4.69) is 41.8 Å². The summed E-state index contributed by atoms with van der Waals surface area (Å²) in [5.41, 5.74) is 2.95. The Labute approximate surface area is 131 Å². The molecule has 0 spiro atoms. The molecule has 118 valence electrons. The van der Waals surface area contributed by atoms with Gasteiger partial charge < -0.3 is 9.47 Å². The molecule has 0 radical (unpaired) electrons. The van der Waals surface area contributed by atoms with Gasteiger partial charge in [0.05, 0.1) is 17.8 Å². The second-order valence-electron chi connectivity index (χ2n) is 5.92. The van der Waals surface area contributed by atoms with Crippen molar-refractivity contribution >= 4 is 5.91 Å². The van der Waals surface area contributed by atoms with Crippen molar-refractivity contribution in [1.29, 1.82) is 0 Å². The van der Waals surface area contributed by atoms with E-state index in [4.69, 9.17) is 0 Å². The molecule has 1 amide bonds. The number of amides is 1. The Kier molecular flexibility index (Phi) is 4.05. The predicted molar refractivity (Wildman–Crippen MR) is 85.8 cm³/mol. The average Bonchev–Trinajstić information content (AvgIpc) is 3.13. The minimum absolute atomic E-state index is 0.110. The van der Waals surface area contributed by atoms with Gasteiger partial charge in [-0.2, -0.15) is 5.10 Å². The lowest BCUT2D eigenvalue weighted by atomic mass is 10.1. The van der Waals surface area contributed by atoms with Crippen LogP contribution in [0, 0.1) is 6.92 Å². The van der Waals surface area contributed by atoms with Gasteiger partial charge in [0.1, 0.15) is 0 Å². The summed E-state index contributed by atoms with van der Waals surface area (Å²) in [5.74, 6) is 0.110. The number of nitrogens with zero attached hydrogens (tertiary/aromatic N) is 4. The first-order valence-corrected chi connectivity index (χ1v) is 8.15. The molecule has 0 N–H and O–H groups in total. The van der Waals surface area contributed by atoms with E-state index in [0.717, 1.165) is 43.7 Å². The first-order valence-electron chi connectivity index (χ1n) is 8.15. The maximum Gasteiger partial charge on any atom is 0.257 e. The number of hydrogen-bond donors (Lipinski definition) is 0. The van der Waals surface area contributed by atoms with Gasteiger partial charge >= 0.3 is 0 Å². The molecule has 1 aliphatic heterocycles. The van der Waals surface area contributed by atoms with Crippen LogP contribution in [-0.4, -0.2) is 31.7 Å². The Morgan fingerprint density at radius 1 is 1.36 bits per heavy atom. The zero-order valence-electron chi connectivity index (χ0n) is 13.6. The molecule has 5 heteroatoms. The minimum atomic E-state index is 0.110. The Bertz CT molecular complexity index is 670. The molecular formula is C17H24N4O. The van der Waals surface area contributed by atoms with E-state index in [0.29, 0.717) is 0 Å². The van der Waals surface area contributed by atoms with Crippen LogP contribution < -0.4 is 0 Å². The summed E-state index contributed by atoms with van der Waals surface area (Å²) >= 11 is 0. The highest BCUT2D eigenvalue weighted by Crippen LogP contribution is 2.30. The van der Waals surface area contributed by atoms with Gasteiger partial charge in [-0.25, -0.2) is 0 Å². The second-order valence-corrected chi connectivity index (χ2v) is 5.92. The number of aryl methyl sites for hydroxylation is 1. The molecule has 0 saturated carbocycles. The Morgan fingerprint density at radius 3 is 2.91 bits per heavy atom. The molecule has 0 aliphatic carbocycles. The summed E-state index contributed by atoms with van der Waals surface area (Å²) in [7, 11) is 0. The minimum Gasteiger partial charge on any atom is -0.348 e. The van der Waals surface area contributed by atoms with Crippen LogP contribution in [0.4, 0.5) is 0 Å². The highest BCUT2D eigenvalue weighted by atomic mass is 16.2. The summed E-state index contributed by atoms with van der Waals surface area (Å²) < 4.78 is 4.19. The maximum atomic E-state index is 13.0. The standard InChI is InChI=1S/C17H24N4O/c1-4-8-21-13(3)14(12-18-21)17(22)20-11-10-19-9-6-7-16(19)15(20)5-2/h6-7,9,12,15H,4-5,8,10-11H2,1-3H3/t15-/m0/s1. The van der Waals surface area contributed by atoms with Crippen molar-refractivity contribution in [2.75, 3.05) is 6.54 Å². The van der Waals surface area contributed by atoms with Crippen molar-refractivity contribution in [3.05, 3.63) is 41.5 Å². The van der Waals surface area contributed by atoms with E-state index in [-0.39, 0.29) is 11.9 Å². The molecule has 0 fully saturated rings. The zero-order valence-corrected chi connectivity index (χ0v) is 13.6. The number of rotatable bonds is 4. The van der Waals surface area contributed by atoms with Gasteiger partial charge in [-0.05, 0) is 31.9 Å². The van der Waals surface area contributed by atoms with Crippen molar-refractivity contribution in [3.63, 3.8) is 0 Å². The third-order valence-corrected chi connectivity index (χ3v) is 4.58. The second kappa shape index (κ2) is 5.99. The van der Waals surface area contributed by atoms with Gasteiger partial charge in [0.25, 0.3) is 5.91 Å². The molecule has 2 aromatic rings. The third kappa shape index (κ3) is 2.34. The molecule has 2 aromatic heterocycles. The number of fused-ring (bicyclic) bond motifs is 1. The van der Waals surface area contributed by atoms with Gasteiger partial charge in [-0.1, -0.05) is 13.8 Å². The molecular weight excluding hydrogens is 276 g/mol. The Hall–Kier alpha value is -2.04. The summed E-state index contributed by atoms with van der Waals surface area (Å²) in [4.78, 5) is 15.0. The fourth-order valence-corrected chi connectivity index (χ4v) is 3.39. The van der Waals surface area contributed by atoms with Gasteiger partial charge in [0.2, 0.25) is 0 Å². The van der Waals surface area contributed by atoms with E-state index < -0.39 is 0 Å². The SMILES string of the molecule is CCCn1ncc(C(=O)N2CCn3cccc3[C@@H]2CC)c1C. The van der Waals surface area contributed by atoms with Crippen LogP contribution in [0.25, 0.3) is 0 Å². The number of hydrogen-bond acceptors (Lipinski definition) is 2. The molecule has 0 saturated heterocycles. The number of carbonyl (C=O) groups excluding carboxylic acids is 1. The topological polar surface area (TPSA) is 43.1 Å². The lowest BCUT2D eigenvalue weighted by molar-refractivity contribution is 0.0617. The highest BCUT2D eigenvalue weighted by Gasteiger charge is 2.31. The molecule has 1 aliphatic rings. The molecule has 3 rings (SSSR count). The lowest BCUT2D eigenvalue weighted by Crippen LogP contribution is -2.41. The van der Waals surface area contributed by atoms with Crippen molar-refractivity contribution in [3.8, 4) is 0 Å². The molecule has 5 nitrogen and oxygen atoms in total. The molecule has 22 heavy (non-hydrogen) atoms. The van der Waals surface area contributed by atoms with Gasteiger partial charge in [0, 0.05) is 37.2 Å². The van der Waals surface area contributed by atoms with Crippen LogP contribution in [0.1, 0.15) is 54.5 Å². The van der Waals surface area contributed by atoms with Gasteiger partial charge in [-0.3, -0.25) is 9.48 Å². The highest BCUT2D eigenvalue weighted by molar-refractivity contribution is 5.95. The normalized spacial score (nSPS) is 17.6. The van der Waals surface area contributed by atoms with Crippen LogP contribution in [0.3, 0.4) is 0 Å². The first-order chi connectivity index (χ1) is 10.7. The quantitative estimate of drug-likeness (QED) is 0.871. The van der Waals surface area contributed by atoms with Crippen LogP contribution in [-0.2, 0) is 13.1 Å². The third-order valence-electron chi connectivity index (χ3n) is 4.58. The number of aromatic nitrogens is 3. The fourth-order valence-electron chi connectivity index (χ4n) is 3.39. The van der Waals surface area contributed by atoms with E-state index in [1.54, 1.807) is 6.20 Å². The van der Waals surface area contributed by atoms with Crippen LogP contribution >= 0.6 is 0 Å². The lowest BCUT2D eigenvalue weighted by Gasteiger charge is -2.36. The van der Waals surface area contributed by atoms with E-state index in [1.807, 2.05) is 16.5 Å². The van der Waals surface area contributed by atoms with E-state index >= 15 is 0 Å². The fraction of sp³-hybridized carbons (Fsp3) is 0.529. The summed E-state index contributed by atoms with van der Waals surface area (Å²) in [6.45, 7) is 8.74. The maximum absolute atomic E-state index is 13.0. The number of carbonyl (C=O) groups is 1. The van der Waals surface area contributed by atoms with Crippen LogP contribution in [0.2, 0.25) is 0 Å². The van der Waals surface area contributed by atoms with Crippen LogP contribution in [0.15, 0.2) is 24.5 Å². The van der Waals surface area contributed by atoms with Crippen LogP contribution in [0.5, 0.6) is 0 Å². The summed E-state index contributed by atoms with van der Waals surface area (Å²) in [6, 6.07) is 4.35. The smallest absolute Gasteiger partial charge is 0.257 e. The van der Waals surface area contributed by atoms with Gasteiger partial charge in [0.15, 0.2) is 0 Å². The summed E-state index contributed by atoms with van der Waals surface area (Å²) in [6.07, 6.45) is 5.78. The average molecular weight is 300 g/mol. The Morgan fingerprint density at radius 2 is 2.18 bits per heavy atom. The first kappa shape index (κ1) is 14.9. The van der Waals surface area contributed by atoms with Crippen molar-refractivity contribution in [2.24, 2.45) is 0 Å². The van der Waals surface area contributed by atoms with Crippen molar-refractivity contribution < 1.29 is 4.79 Å². The molecule has 0 aromatic carbocycles. The molecule has 0 unspecified atom stereocenters. The predicted octanol–water partition coefficient (Wildman–Crippen LogP) is 3.01. The zero-order chi connectivity index (χ0) is 15.7. The van der Waals surface area contributed by atoms with Gasteiger partial charge in [-0.15, -0.1) is 0 Å². The summed E-state index contributed by atoms with van der Waals surface area (Å²) in [5, 5.41) is 4.37. The van der Waals surface area contributed by atoms with E-state index in [1.165, 1.54) is 5.69 Å². The van der Waals surface area contributed by atoms with E-state index in [9.17, 15) is 4.79 Å². The molecule has 0 bridgehead atoms. The monoisotopic (exact) mass is 300 g/mol.